The molecule has 0 fully saturated rings. The molecule has 0 heterocycles. The largest absolute Gasteiger partial charge is 0.489 e. The number of phosphoric acid groups is 1. The van der Waals surface area contributed by atoms with E-state index in [0.29, 0.717) is 23.6 Å². The van der Waals surface area contributed by atoms with Crippen LogP contribution in [0.3, 0.4) is 0 Å². The number of allylic oxidation sites excluding steroid dienone is 5. The van der Waals surface area contributed by atoms with Gasteiger partial charge in [0.05, 0.1) is 25.4 Å². The van der Waals surface area contributed by atoms with Gasteiger partial charge in [-0.3, -0.25) is 18.4 Å². The lowest BCUT2D eigenvalue weighted by atomic mass is 10.1. The molecule has 0 aliphatic rings. The quantitative estimate of drug-likeness (QED) is 0.139. The van der Waals surface area contributed by atoms with Crippen molar-refractivity contribution in [1.82, 2.24) is 0 Å². The van der Waals surface area contributed by atoms with Gasteiger partial charge in [0.15, 0.2) is 0 Å². The van der Waals surface area contributed by atoms with Gasteiger partial charge in [-0.05, 0) is 103 Å². The molecule has 2 aromatic carbocycles. The maximum Gasteiger partial charge on any atom is 0.475 e. The molecule has 0 spiro atoms. The summed E-state index contributed by atoms with van der Waals surface area (Å²) in [5.74, 6) is 0.257. The second-order valence-corrected chi connectivity index (χ2v) is 11.6. The number of ether oxygens (including phenoxy) is 1. The molecule has 2 rings (SSSR count). The Morgan fingerprint density at radius 3 is 2.05 bits per heavy atom. The average molecular weight is 584 g/mol. The van der Waals surface area contributed by atoms with Gasteiger partial charge in [0.1, 0.15) is 12.4 Å². The Bertz CT molecular complexity index is 1220. The summed E-state index contributed by atoms with van der Waals surface area (Å²) in [6.45, 7) is 12.9. The molecule has 41 heavy (non-hydrogen) atoms. The highest BCUT2D eigenvalue weighted by Crippen LogP contribution is 2.49. The standard InChI is InChI=1S/C33H46NO6P/c1-7-38-41(36,39-8-2)40-25-29-19-21-30(22-20-29)34-33(35)31-17-9-10-18-32(31)37-24-23-28(6)16-12-15-27(5)14-11-13-26(3)4/h9-10,13,15,17-23H,7-8,11-12,14,16,24-25H2,1-6H3,(H,34,35)/b27-15+,28-23+. The Morgan fingerprint density at radius 1 is 0.805 bits per heavy atom. The molecule has 0 radical (unpaired) electrons. The second kappa shape index (κ2) is 18.5. The van der Waals surface area contributed by atoms with Gasteiger partial charge in [-0.25, -0.2) is 4.57 Å². The smallest absolute Gasteiger partial charge is 0.475 e. The minimum atomic E-state index is -3.59. The molecule has 0 unspecified atom stereocenters. The van der Waals surface area contributed by atoms with E-state index in [-0.39, 0.29) is 25.7 Å². The van der Waals surface area contributed by atoms with Crippen LogP contribution in [0, 0.1) is 0 Å². The third-order valence-electron chi connectivity index (χ3n) is 6.10. The van der Waals surface area contributed by atoms with Crippen LogP contribution in [0.15, 0.2) is 83.5 Å². The molecule has 1 N–H and O–H groups in total. The summed E-state index contributed by atoms with van der Waals surface area (Å²) in [6.07, 6.45) is 10.8. The van der Waals surface area contributed by atoms with Gasteiger partial charge in [-0.15, -0.1) is 0 Å². The lowest BCUT2D eigenvalue weighted by molar-refractivity contribution is 0.102. The van der Waals surface area contributed by atoms with Crippen LogP contribution in [-0.4, -0.2) is 25.7 Å². The molecule has 1 amide bonds. The van der Waals surface area contributed by atoms with Crippen molar-refractivity contribution in [2.24, 2.45) is 0 Å². The molecule has 224 valence electrons. The fourth-order valence-corrected chi connectivity index (χ4v) is 5.02. The third-order valence-corrected chi connectivity index (χ3v) is 7.69. The van der Waals surface area contributed by atoms with E-state index >= 15 is 0 Å². The highest BCUT2D eigenvalue weighted by atomic mass is 31.2. The molecule has 0 bridgehead atoms. The van der Waals surface area contributed by atoms with Crippen molar-refractivity contribution in [2.45, 2.75) is 73.8 Å². The van der Waals surface area contributed by atoms with Gasteiger partial charge in [0.25, 0.3) is 5.91 Å². The molecule has 0 saturated carbocycles. The number of phosphoric ester groups is 1. The van der Waals surface area contributed by atoms with Gasteiger partial charge in [0.2, 0.25) is 0 Å². The van der Waals surface area contributed by atoms with Crippen LogP contribution in [0.5, 0.6) is 5.75 Å². The molecule has 0 aliphatic heterocycles. The normalized spacial score (nSPS) is 12.2. The first-order valence-corrected chi connectivity index (χ1v) is 15.7. The van der Waals surface area contributed by atoms with Gasteiger partial charge in [0, 0.05) is 5.69 Å². The molecule has 0 saturated heterocycles. The number of rotatable bonds is 18. The Labute approximate surface area is 246 Å². The van der Waals surface area contributed by atoms with E-state index < -0.39 is 7.82 Å². The fourth-order valence-electron chi connectivity index (χ4n) is 3.86. The van der Waals surface area contributed by atoms with E-state index in [9.17, 15) is 9.36 Å². The van der Waals surface area contributed by atoms with Crippen molar-refractivity contribution in [2.75, 3.05) is 25.1 Å². The number of hydrogen-bond acceptors (Lipinski definition) is 6. The van der Waals surface area contributed by atoms with E-state index in [4.69, 9.17) is 18.3 Å². The van der Waals surface area contributed by atoms with Crippen molar-refractivity contribution >= 4 is 19.4 Å². The van der Waals surface area contributed by atoms with Crippen molar-refractivity contribution in [3.05, 3.63) is 94.6 Å². The van der Waals surface area contributed by atoms with Crippen LogP contribution in [0.25, 0.3) is 0 Å². The Balaban J connectivity index is 1.89. The lowest BCUT2D eigenvalue weighted by Gasteiger charge is -2.16. The average Bonchev–Trinajstić information content (AvgIpc) is 2.93. The molecule has 2 aromatic rings. The number of anilines is 1. The highest BCUT2D eigenvalue weighted by molar-refractivity contribution is 7.48. The Morgan fingerprint density at radius 2 is 1.41 bits per heavy atom. The first-order chi connectivity index (χ1) is 19.7. The topological polar surface area (TPSA) is 83.1 Å². The summed E-state index contributed by atoms with van der Waals surface area (Å²) in [5.41, 5.74) is 5.87. The van der Waals surface area contributed by atoms with Crippen molar-refractivity contribution in [1.29, 1.82) is 0 Å². The van der Waals surface area contributed by atoms with Gasteiger partial charge >= 0.3 is 7.82 Å². The summed E-state index contributed by atoms with van der Waals surface area (Å²) in [4.78, 5) is 13.0. The molecule has 8 heteroatoms. The monoisotopic (exact) mass is 583 g/mol. The summed E-state index contributed by atoms with van der Waals surface area (Å²) in [5, 5.41) is 2.91. The lowest BCUT2D eigenvalue weighted by Crippen LogP contribution is -2.13. The SMILES string of the molecule is CCOP(=O)(OCC)OCc1ccc(NC(=O)c2ccccc2OC/C=C(\C)CC/C=C(\C)CCC=C(C)C)cc1. The van der Waals surface area contributed by atoms with Gasteiger partial charge < -0.3 is 10.1 Å². The maximum atomic E-state index is 13.0. The van der Waals surface area contributed by atoms with Crippen LogP contribution >= 0.6 is 7.82 Å². The molecule has 0 aromatic heterocycles. The number of nitrogens with one attached hydrogen (secondary N) is 1. The van der Waals surface area contributed by atoms with Crippen LogP contribution in [0.2, 0.25) is 0 Å². The minimum absolute atomic E-state index is 0.0568. The number of amides is 1. The minimum Gasteiger partial charge on any atom is -0.489 e. The summed E-state index contributed by atoms with van der Waals surface area (Å²) < 4.78 is 34.1. The first-order valence-electron chi connectivity index (χ1n) is 14.3. The van der Waals surface area contributed by atoms with E-state index in [1.807, 2.05) is 12.1 Å². The van der Waals surface area contributed by atoms with Crippen molar-refractivity contribution < 1.29 is 27.7 Å². The zero-order valence-corrected chi connectivity index (χ0v) is 26.3. The molecule has 0 aliphatic carbocycles. The zero-order chi connectivity index (χ0) is 30.1. The van der Waals surface area contributed by atoms with Crippen molar-refractivity contribution in [3.8, 4) is 5.75 Å². The Kier molecular flexibility index (Phi) is 15.4. The number of carbonyl (C=O) groups is 1. The highest BCUT2D eigenvalue weighted by Gasteiger charge is 2.25. The predicted octanol–water partition coefficient (Wildman–Crippen LogP) is 9.43. The van der Waals surface area contributed by atoms with E-state index in [2.05, 4.69) is 51.2 Å². The molecular weight excluding hydrogens is 537 g/mol. The van der Waals surface area contributed by atoms with Crippen LogP contribution in [0.1, 0.15) is 83.1 Å². The molecular formula is C33H46NO6P. The number of carbonyl (C=O) groups excluding carboxylic acids is 1. The number of benzene rings is 2. The summed E-state index contributed by atoms with van der Waals surface area (Å²) in [7, 11) is -3.59. The summed E-state index contributed by atoms with van der Waals surface area (Å²) >= 11 is 0. The first kappa shape index (κ1) is 34.2. The van der Waals surface area contributed by atoms with E-state index in [0.717, 1.165) is 31.2 Å². The van der Waals surface area contributed by atoms with Crippen LogP contribution < -0.4 is 10.1 Å². The van der Waals surface area contributed by atoms with E-state index in [1.54, 1.807) is 50.2 Å². The second-order valence-electron chi connectivity index (χ2n) is 9.97. The molecule has 7 nitrogen and oxygen atoms in total. The maximum absolute atomic E-state index is 13.0. The number of hydrogen-bond donors (Lipinski definition) is 1. The zero-order valence-electron chi connectivity index (χ0n) is 25.4. The fraction of sp³-hybridized carbons (Fsp3) is 0.424. The van der Waals surface area contributed by atoms with Gasteiger partial charge in [-0.2, -0.15) is 0 Å². The van der Waals surface area contributed by atoms with E-state index in [1.165, 1.54) is 16.7 Å². The molecule has 0 atom stereocenters. The third kappa shape index (κ3) is 13.5. The predicted molar refractivity (Wildman–Crippen MR) is 167 cm³/mol. The van der Waals surface area contributed by atoms with Crippen molar-refractivity contribution in [3.63, 3.8) is 0 Å². The summed E-state index contributed by atoms with van der Waals surface area (Å²) in [6, 6.07) is 14.3. The van der Waals surface area contributed by atoms with Crippen LogP contribution in [0.4, 0.5) is 5.69 Å². The Hall–Kier alpha value is -2.96. The van der Waals surface area contributed by atoms with Gasteiger partial charge in [-0.1, -0.05) is 53.1 Å². The van der Waals surface area contributed by atoms with Crippen LogP contribution in [-0.2, 0) is 24.7 Å². The number of para-hydroxylation sites is 1.